The van der Waals surface area contributed by atoms with Gasteiger partial charge in [0.2, 0.25) is 0 Å². The van der Waals surface area contributed by atoms with E-state index in [4.69, 9.17) is 27.9 Å². The van der Waals surface area contributed by atoms with Gasteiger partial charge in [0.25, 0.3) is 0 Å². The number of ether oxygens (including phenoxy) is 1. The highest BCUT2D eigenvalue weighted by Crippen LogP contribution is 2.25. The lowest BCUT2D eigenvalue weighted by atomic mass is 10.2. The van der Waals surface area contributed by atoms with Crippen molar-refractivity contribution < 1.29 is 4.74 Å². The summed E-state index contributed by atoms with van der Waals surface area (Å²) in [6, 6.07) is 5.81. The van der Waals surface area contributed by atoms with E-state index in [0.29, 0.717) is 16.1 Å². The van der Waals surface area contributed by atoms with Gasteiger partial charge in [-0.05, 0) is 30.5 Å². The van der Waals surface area contributed by atoms with E-state index in [1.165, 1.54) is 18.4 Å². The van der Waals surface area contributed by atoms with E-state index >= 15 is 0 Å². The zero-order chi connectivity index (χ0) is 11.4. The molecule has 0 N–H and O–H groups in total. The number of rotatable bonds is 4. The summed E-state index contributed by atoms with van der Waals surface area (Å²) < 4.78 is 5.57. The van der Waals surface area contributed by atoms with Crippen molar-refractivity contribution in [1.82, 2.24) is 0 Å². The van der Waals surface area contributed by atoms with Crippen LogP contribution in [0.2, 0.25) is 10.0 Å². The fraction of sp³-hybridized carbons (Fsp3) is 0.500. The minimum absolute atomic E-state index is 0.452. The lowest BCUT2D eigenvalue weighted by Crippen LogP contribution is -2.07. The number of hydrogen-bond donors (Lipinski definition) is 0. The van der Waals surface area contributed by atoms with Gasteiger partial charge in [0.15, 0.2) is 0 Å². The first-order chi connectivity index (χ1) is 7.75. The summed E-state index contributed by atoms with van der Waals surface area (Å²) in [6.45, 7) is 0.929. The van der Waals surface area contributed by atoms with Crippen molar-refractivity contribution in [2.45, 2.75) is 24.7 Å². The predicted octanol–water partition coefficient (Wildman–Crippen LogP) is 4.41. The summed E-state index contributed by atoms with van der Waals surface area (Å²) in [6.07, 6.45) is 2.86. The quantitative estimate of drug-likeness (QED) is 0.806. The zero-order valence-electron chi connectivity index (χ0n) is 8.92. The molecule has 0 aliphatic carbocycles. The van der Waals surface area contributed by atoms with E-state index < -0.39 is 0 Å². The van der Waals surface area contributed by atoms with Crippen LogP contribution in [0, 0.1) is 0 Å². The van der Waals surface area contributed by atoms with Gasteiger partial charge in [-0.3, -0.25) is 0 Å². The molecule has 4 heteroatoms. The summed E-state index contributed by atoms with van der Waals surface area (Å²) in [4.78, 5) is 0. The first-order valence-electron chi connectivity index (χ1n) is 5.39. The van der Waals surface area contributed by atoms with Gasteiger partial charge in [-0.1, -0.05) is 29.3 Å². The monoisotopic (exact) mass is 276 g/mol. The number of thioether (sulfide) groups is 1. The van der Waals surface area contributed by atoms with Crippen molar-refractivity contribution in [1.29, 1.82) is 0 Å². The molecule has 0 radical (unpaired) electrons. The van der Waals surface area contributed by atoms with E-state index in [2.05, 4.69) is 0 Å². The molecule has 1 nitrogen and oxygen atoms in total. The lowest BCUT2D eigenvalue weighted by molar-refractivity contribution is 0.129. The Morgan fingerprint density at radius 1 is 1.31 bits per heavy atom. The van der Waals surface area contributed by atoms with Crippen LogP contribution in [0.25, 0.3) is 0 Å². The molecule has 0 spiro atoms. The molecular formula is C12H14Cl2OS. The Hall–Kier alpha value is 0.110. The van der Waals surface area contributed by atoms with E-state index in [9.17, 15) is 0 Å². The fourth-order valence-corrected chi connectivity index (χ4v) is 3.09. The standard InChI is InChI=1S/C12H14Cl2OS/c13-11-4-3-9(6-12(11)14)7-16-8-10-2-1-5-15-10/h3-4,6,10H,1-2,5,7-8H2/t10-/m0/s1. The lowest BCUT2D eigenvalue weighted by Gasteiger charge is -2.08. The second-order valence-corrected chi connectivity index (χ2v) is 5.74. The number of halogens is 2. The SMILES string of the molecule is Clc1ccc(CSC[C@@H]2CCCO2)cc1Cl. The smallest absolute Gasteiger partial charge is 0.0666 e. The van der Waals surface area contributed by atoms with Crippen LogP contribution in [0.15, 0.2) is 18.2 Å². The molecule has 1 aromatic rings. The molecule has 1 atom stereocenters. The molecule has 0 amide bonds. The maximum Gasteiger partial charge on any atom is 0.0666 e. The molecule has 2 rings (SSSR count). The van der Waals surface area contributed by atoms with Gasteiger partial charge in [-0.2, -0.15) is 11.8 Å². The van der Waals surface area contributed by atoms with Gasteiger partial charge >= 0.3 is 0 Å². The Balaban J connectivity index is 1.78. The Morgan fingerprint density at radius 2 is 2.19 bits per heavy atom. The molecule has 16 heavy (non-hydrogen) atoms. The van der Waals surface area contributed by atoms with Crippen molar-refractivity contribution in [3.8, 4) is 0 Å². The summed E-state index contributed by atoms with van der Waals surface area (Å²) in [5.74, 6) is 2.04. The maximum absolute atomic E-state index is 5.95. The molecule has 0 aromatic heterocycles. The summed E-state index contributed by atoms with van der Waals surface area (Å²) in [7, 11) is 0. The molecular weight excluding hydrogens is 263 g/mol. The summed E-state index contributed by atoms with van der Waals surface area (Å²) in [5, 5.41) is 1.26. The third kappa shape index (κ3) is 3.56. The Labute approximate surface area is 110 Å². The fourth-order valence-electron chi connectivity index (χ4n) is 1.71. The first-order valence-corrected chi connectivity index (χ1v) is 7.30. The van der Waals surface area contributed by atoms with Crippen molar-refractivity contribution >= 4 is 35.0 Å². The van der Waals surface area contributed by atoms with E-state index in [1.807, 2.05) is 30.0 Å². The van der Waals surface area contributed by atoms with Crippen LogP contribution in [-0.2, 0) is 10.5 Å². The normalized spacial score (nSPS) is 20.2. The molecule has 1 aromatic carbocycles. The van der Waals surface area contributed by atoms with Crippen LogP contribution in [-0.4, -0.2) is 18.5 Å². The zero-order valence-corrected chi connectivity index (χ0v) is 11.2. The summed E-state index contributed by atoms with van der Waals surface area (Å²) >= 11 is 13.7. The van der Waals surface area contributed by atoms with Crippen LogP contribution in [0.1, 0.15) is 18.4 Å². The third-order valence-electron chi connectivity index (χ3n) is 2.58. The van der Waals surface area contributed by atoms with Crippen molar-refractivity contribution in [3.63, 3.8) is 0 Å². The van der Waals surface area contributed by atoms with Gasteiger partial charge in [0.05, 0.1) is 16.1 Å². The average Bonchev–Trinajstić information content (AvgIpc) is 2.76. The Bertz CT molecular complexity index is 351. The molecule has 0 saturated carbocycles. The molecule has 1 fully saturated rings. The van der Waals surface area contributed by atoms with Crippen LogP contribution in [0.5, 0.6) is 0 Å². The van der Waals surface area contributed by atoms with E-state index in [0.717, 1.165) is 18.1 Å². The molecule has 0 unspecified atom stereocenters. The van der Waals surface area contributed by atoms with Crippen molar-refractivity contribution in [2.24, 2.45) is 0 Å². The van der Waals surface area contributed by atoms with Crippen molar-refractivity contribution in [2.75, 3.05) is 12.4 Å². The van der Waals surface area contributed by atoms with Gasteiger partial charge < -0.3 is 4.74 Å². The Kier molecular flexibility index (Phi) is 4.83. The average molecular weight is 277 g/mol. The van der Waals surface area contributed by atoms with E-state index in [-0.39, 0.29) is 0 Å². The molecule has 0 bridgehead atoms. The Morgan fingerprint density at radius 3 is 2.88 bits per heavy atom. The topological polar surface area (TPSA) is 9.23 Å². The van der Waals surface area contributed by atoms with Gasteiger partial charge in [-0.15, -0.1) is 0 Å². The molecule has 1 saturated heterocycles. The minimum Gasteiger partial charge on any atom is -0.377 e. The molecule has 1 aliphatic heterocycles. The molecule has 88 valence electrons. The maximum atomic E-state index is 5.95. The summed E-state index contributed by atoms with van der Waals surface area (Å²) in [5.41, 5.74) is 1.22. The highest BCUT2D eigenvalue weighted by molar-refractivity contribution is 7.98. The highest BCUT2D eigenvalue weighted by Gasteiger charge is 2.14. The van der Waals surface area contributed by atoms with Gasteiger partial charge in [-0.25, -0.2) is 0 Å². The largest absolute Gasteiger partial charge is 0.377 e. The van der Waals surface area contributed by atoms with Crippen LogP contribution in [0.3, 0.4) is 0 Å². The number of benzene rings is 1. The van der Waals surface area contributed by atoms with Gasteiger partial charge in [0.1, 0.15) is 0 Å². The van der Waals surface area contributed by atoms with E-state index in [1.54, 1.807) is 0 Å². The minimum atomic E-state index is 0.452. The molecule has 1 heterocycles. The van der Waals surface area contributed by atoms with Crippen LogP contribution in [0.4, 0.5) is 0 Å². The second kappa shape index (κ2) is 6.15. The van der Waals surface area contributed by atoms with Gasteiger partial charge in [0, 0.05) is 18.1 Å². The number of hydrogen-bond acceptors (Lipinski definition) is 2. The first kappa shape index (κ1) is 12.6. The predicted molar refractivity (Wildman–Crippen MR) is 71.6 cm³/mol. The molecule has 1 aliphatic rings. The van der Waals surface area contributed by atoms with Crippen molar-refractivity contribution in [3.05, 3.63) is 33.8 Å². The third-order valence-corrected chi connectivity index (χ3v) is 4.46. The second-order valence-electron chi connectivity index (χ2n) is 3.90. The van der Waals surface area contributed by atoms with Crippen LogP contribution < -0.4 is 0 Å². The highest BCUT2D eigenvalue weighted by atomic mass is 35.5. The van der Waals surface area contributed by atoms with Crippen LogP contribution >= 0.6 is 35.0 Å².